The van der Waals surface area contributed by atoms with Gasteiger partial charge < -0.3 is 9.64 Å². The molecular weight excluding hydrogens is 372 g/mol. The van der Waals surface area contributed by atoms with Crippen molar-refractivity contribution in [3.8, 4) is 5.75 Å². The van der Waals surface area contributed by atoms with Crippen molar-refractivity contribution in [1.29, 1.82) is 0 Å². The summed E-state index contributed by atoms with van der Waals surface area (Å²) in [7, 11) is -3.50. The SMILES string of the molecule is CCOc1ccc(S(=O)(=O)N2CCN(c3cccc(Cl)c3)CC2)cc1C. The summed E-state index contributed by atoms with van der Waals surface area (Å²) in [6.07, 6.45) is 0. The molecule has 3 rings (SSSR count). The van der Waals surface area contributed by atoms with E-state index in [2.05, 4.69) is 4.90 Å². The zero-order valence-electron chi connectivity index (χ0n) is 15.0. The first-order valence-electron chi connectivity index (χ1n) is 8.66. The van der Waals surface area contributed by atoms with E-state index in [0.29, 0.717) is 42.7 Å². The molecule has 1 fully saturated rings. The normalized spacial score (nSPS) is 15.9. The lowest BCUT2D eigenvalue weighted by molar-refractivity contribution is 0.337. The van der Waals surface area contributed by atoms with Crippen molar-refractivity contribution in [2.24, 2.45) is 0 Å². The van der Waals surface area contributed by atoms with Crippen LogP contribution in [-0.2, 0) is 10.0 Å². The van der Waals surface area contributed by atoms with Crippen molar-refractivity contribution in [3.63, 3.8) is 0 Å². The number of hydrogen-bond acceptors (Lipinski definition) is 4. The van der Waals surface area contributed by atoms with Gasteiger partial charge in [-0.2, -0.15) is 4.31 Å². The van der Waals surface area contributed by atoms with Gasteiger partial charge in [-0.15, -0.1) is 0 Å². The number of nitrogens with zero attached hydrogens (tertiary/aromatic N) is 2. The van der Waals surface area contributed by atoms with Crippen molar-refractivity contribution >= 4 is 27.3 Å². The predicted octanol–water partition coefficient (Wildman–Crippen LogP) is 3.56. The zero-order valence-corrected chi connectivity index (χ0v) is 16.6. The van der Waals surface area contributed by atoms with Crippen LogP contribution < -0.4 is 9.64 Å². The minimum Gasteiger partial charge on any atom is -0.494 e. The smallest absolute Gasteiger partial charge is 0.243 e. The predicted molar refractivity (Wildman–Crippen MR) is 105 cm³/mol. The average Bonchev–Trinajstić information content (AvgIpc) is 2.63. The highest BCUT2D eigenvalue weighted by Crippen LogP contribution is 2.26. The Bertz CT molecular complexity index is 878. The van der Waals surface area contributed by atoms with Crippen LogP contribution in [0.15, 0.2) is 47.4 Å². The van der Waals surface area contributed by atoms with E-state index in [-0.39, 0.29) is 0 Å². The average molecular weight is 395 g/mol. The maximum atomic E-state index is 13.0. The lowest BCUT2D eigenvalue weighted by Crippen LogP contribution is -2.48. The molecule has 0 radical (unpaired) electrons. The van der Waals surface area contributed by atoms with Crippen molar-refractivity contribution < 1.29 is 13.2 Å². The molecule has 0 saturated carbocycles. The van der Waals surface area contributed by atoms with Crippen LogP contribution in [0.25, 0.3) is 0 Å². The molecule has 0 aliphatic carbocycles. The molecule has 0 amide bonds. The quantitative estimate of drug-likeness (QED) is 0.778. The van der Waals surface area contributed by atoms with Crippen LogP contribution >= 0.6 is 11.6 Å². The first-order valence-corrected chi connectivity index (χ1v) is 10.5. The topological polar surface area (TPSA) is 49.9 Å². The van der Waals surface area contributed by atoms with E-state index in [9.17, 15) is 8.42 Å². The van der Waals surface area contributed by atoms with Gasteiger partial charge in [0.2, 0.25) is 10.0 Å². The number of rotatable bonds is 5. The molecule has 26 heavy (non-hydrogen) atoms. The number of halogens is 1. The van der Waals surface area contributed by atoms with Crippen molar-refractivity contribution in [2.75, 3.05) is 37.7 Å². The Hall–Kier alpha value is -1.76. The van der Waals surface area contributed by atoms with E-state index >= 15 is 0 Å². The van der Waals surface area contributed by atoms with Gasteiger partial charge in [-0.05, 0) is 55.8 Å². The number of hydrogen-bond donors (Lipinski definition) is 0. The summed E-state index contributed by atoms with van der Waals surface area (Å²) < 4.78 is 32.9. The Labute approximate surface area is 160 Å². The molecule has 0 atom stereocenters. The van der Waals surface area contributed by atoms with Gasteiger partial charge in [0, 0.05) is 36.9 Å². The third-order valence-electron chi connectivity index (χ3n) is 4.50. The largest absolute Gasteiger partial charge is 0.494 e. The first-order chi connectivity index (χ1) is 12.4. The van der Waals surface area contributed by atoms with Gasteiger partial charge >= 0.3 is 0 Å². The van der Waals surface area contributed by atoms with Gasteiger partial charge in [0.1, 0.15) is 5.75 Å². The second-order valence-electron chi connectivity index (χ2n) is 6.23. The number of anilines is 1. The highest BCUT2D eigenvalue weighted by molar-refractivity contribution is 7.89. The number of aryl methyl sites for hydroxylation is 1. The molecule has 1 aliphatic rings. The Kier molecular flexibility index (Phi) is 5.75. The van der Waals surface area contributed by atoms with Crippen LogP contribution in [0.5, 0.6) is 5.75 Å². The van der Waals surface area contributed by atoms with Crippen LogP contribution in [0.4, 0.5) is 5.69 Å². The van der Waals surface area contributed by atoms with E-state index in [1.165, 1.54) is 0 Å². The molecule has 1 aliphatic heterocycles. The van der Waals surface area contributed by atoms with Gasteiger partial charge in [0.05, 0.1) is 11.5 Å². The fourth-order valence-corrected chi connectivity index (χ4v) is 4.80. The molecule has 7 heteroatoms. The minimum atomic E-state index is -3.50. The maximum absolute atomic E-state index is 13.0. The van der Waals surface area contributed by atoms with E-state index in [4.69, 9.17) is 16.3 Å². The number of sulfonamides is 1. The Balaban J connectivity index is 1.73. The molecule has 140 valence electrons. The summed E-state index contributed by atoms with van der Waals surface area (Å²) in [5, 5.41) is 0.683. The lowest BCUT2D eigenvalue weighted by atomic mass is 10.2. The van der Waals surface area contributed by atoms with Gasteiger partial charge in [-0.3, -0.25) is 0 Å². The molecule has 5 nitrogen and oxygen atoms in total. The van der Waals surface area contributed by atoms with Crippen LogP contribution in [0.2, 0.25) is 5.02 Å². The molecular formula is C19H23ClN2O3S. The summed E-state index contributed by atoms with van der Waals surface area (Å²) in [5.41, 5.74) is 1.84. The van der Waals surface area contributed by atoms with Crippen molar-refractivity contribution in [2.45, 2.75) is 18.7 Å². The Morgan fingerprint density at radius 3 is 2.42 bits per heavy atom. The summed E-state index contributed by atoms with van der Waals surface area (Å²) in [4.78, 5) is 2.47. The fraction of sp³-hybridized carbons (Fsp3) is 0.368. The second kappa shape index (κ2) is 7.86. The van der Waals surface area contributed by atoms with E-state index in [1.807, 2.05) is 38.1 Å². The van der Waals surface area contributed by atoms with Crippen LogP contribution in [-0.4, -0.2) is 45.5 Å². The summed E-state index contributed by atoms with van der Waals surface area (Å²) in [6, 6.07) is 12.7. The summed E-state index contributed by atoms with van der Waals surface area (Å²) in [6.45, 7) is 6.48. The molecule has 1 saturated heterocycles. The first kappa shape index (κ1) is 19.0. The maximum Gasteiger partial charge on any atom is 0.243 e. The van der Waals surface area contributed by atoms with Gasteiger partial charge in [-0.1, -0.05) is 17.7 Å². The molecule has 0 N–H and O–H groups in total. The molecule has 2 aromatic rings. The van der Waals surface area contributed by atoms with E-state index in [1.54, 1.807) is 22.5 Å². The molecule has 0 aromatic heterocycles. The standard InChI is InChI=1S/C19H23ClN2O3S/c1-3-25-19-8-7-18(13-15(19)2)26(23,24)22-11-9-21(10-12-22)17-6-4-5-16(20)14-17/h4-8,13-14H,3,9-12H2,1-2H3. The second-order valence-corrected chi connectivity index (χ2v) is 8.61. The molecule has 0 bridgehead atoms. The fourth-order valence-electron chi connectivity index (χ4n) is 3.11. The summed E-state index contributed by atoms with van der Waals surface area (Å²) >= 11 is 6.05. The molecule has 0 unspecified atom stereocenters. The van der Waals surface area contributed by atoms with Crippen LogP contribution in [0.1, 0.15) is 12.5 Å². The molecule has 2 aromatic carbocycles. The molecule has 1 heterocycles. The summed E-state index contributed by atoms with van der Waals surface area (Å²) in [5.74, 6) is 0.720. The minimum absolute atomic E-state index is 0.314. The zero-order chi connectivity index (χ0) is 18.7. The number of ether oxygens (including phenoxy) is 1. The van der Waals surface area contributed by atoms with Crippen LogP contribution in [0.3, 0.4) is 0 Å². The van der Waals surface area contributed by atoms with Crippen molar-refractivity contribution in [3.05, 3.63) is 53.1 Å². The third-order valence-corrected chi connectivity index (χ3v) is 6.63. The van der Waals surface area contributed by atoms with Gasteiger partial charge in [0.25, 0.3) is 0 Å². The van der Waals surface area contributed by atoms with Gasteiger partial charge in [-0.25, -0.2) is 8.42 Å². The lowest BCUT2D eigenvalue weighted by Gasteiger charge is -2.35. The highest BCUT2D eigenvalue weighted by atomic mass is 35.5. The molecule has 0 spiro atoms. The Morgan fingerprint density at radius 2 is 1.81 bits per heavy atom. The van der Waals surface area contributed by atoms with Crippen molar-refractivity contribution in [1.82, 2.24) is 4.31 Å². The van der Waals surface area contributed by atoms with E-state index in [0.717, 1.165) is 17.0 Å². The third kappa shape index (κ3) is 3.98. The van der Waals surface area contributed by atoms with E-state index < -0.39 is 10.0 Å². The number of piperazine rings is 1. The monoisotopic (exact) mass is 394 g/mol. The van der Waals surface area contributed by atoms with Gasteiger partial charge in [0.15, 0.2) is 0 Å². The highest BCUT2D eigenvalue weighted by Gasteiger charge is 2.29. The van der Waals surface area contributed by atoms with Crippen LogP contribution in [0, 0.1) is 6.92 Å². The number of benzene rings is 2. The Morgan fingerprint density at radius 1 is 1.08 bits per heavy atom.